The van der Waals surface area contributed by atoms with Gasteiger partial charge in [-0.05, 0) is 44.6 Å². The van der Waals surface area contributed by atoms with Gasteiger partial charge in [0.2, 0.25) is 0 Å². The zero-order valence-corrected chi connectivity index (χ0v) is 10.6. The Kier molecular flexibility index (Phi) is 7.81. The summed E-state index contributed by atoms with van der Waals surface area (Å²) in [6.07, 6.45) is 7.48. The van der Waals surface area contributed by atoms with Crippen molar-refractivity contribution >= 4 is 0 Å². The third-order valence-corrected chi connectivity index (χ3v) is 3.31. The standard InChI is InChI=1S/C13H27NO2/c1-2-5-12(7-8-15)10-14-11-13-6-3-4-9-16-13/h12-15H,2-11H2,1H3. The molecule has 2 N–H and O–H groups in total. The molecule has 2 unspecified atom stereocenters. The van der Waals surface area contributed by atoms with E-state index in [4.69, 9.17) is 9.84 Å². The highest BCUT2D eigenvalue weighted by Gasteiger charge is 2.14. The Bertz CT molecular complexity index is 152. The van der Waals surface area contributed by atoms with Gasteiger partial charge >= 0.3 is 0 Å². The molecule has 0 aliphatic carbocycles. The Morgan fingerprint density at radius 2 is 2.25 bits per heavy atom. The van der Waals surface area contributed by atoms with E-state index in [2.05, 4.69) is 12.2 Å². The molecule has 0 aromatic rings. The number of aliphatic hydroxyl groups is 1. The molecule has 0 aromatic carbocycles. The number of rotatable bonds is 8. The van der Waals surface area contributed by atoms with Gasteiger partial charge in [0.1, 0.15) is 0 Å². The average Bonchev–Trinajstić information content (AvgIpc) is 2.31. The summed E-state index contributed by atoms with van der Waals surface area (Å²) < 4.78 is 5.67. The minimum absolute atomic E-state index is 0.312. The molecule has 0 bridgehead atoms. The highest BCUT2D eigenvalue weighted by Crippen LogP contribution is 2.13. The van der Waals surface area contributed by atoms with Crippen LogP contribution in [-0.2, 0) is 4.74 Å². The Labute approximate surface area is 99.6 Å². The van der Waals surface area contributed by atoms with Crippen LogP contribution in [0.2, 0.25) is 0 Å². The van der Waals surface area contributed by atoms with Crippen molar-refractivity contribution in [3.05, 3.63) is 0 Å². The molecular formula is C13H27NO2. The van der Waals surface area contributed by atoms with Crippen molar-refractivity contribution in [3.8, 4) is 0 Å². The quantitative estimate of drug-likeness (QED) is 0.668. The second-order valence-corrected chi connectivity index (χ2v) is 4.81. The van der Waals surface area contributed by atoms with Gasteiger partial charge in [-0.3, -0.25) is 0 Å². The van der Waals surface area contributed by atoms with Crippen LogP contribution in [0.5, 0.6) is 0 Å². The molecule has 1 aliphatic heterocycles. The maximum atomic E-state index is 8.96. The average molecular weight is 229 g/mol. The van der Waals surface area contributed by atoms with Crippen LogP contribution in [0.25, 0.3) is 0 Å². The molecule has 1 saturated heterocycles. The van der Waals surface area contributed by atoms with Crippen molar-refractivity contribution < 1.29 is 9.84 Å². The number of aliphatic hydroxyl groups excluding tert-OH is 1. The molecular weight excluding hydrogens is 202 g/mol. The van der Waals surface area contributed by atoms with Gasteiger partial charge in [-0.15, -0.1) is 0 Å². The van der Waals surface area contributed by atoms with Gasteiger partial charge in [0.15, 0.2) is 0 Å². The molecule has 96 valence electrons. The summed E-state index contributed by atoms with van der Waals surface area (Å²) in [6.45, 7) is 5.45. The summed E-state index contributed by atoms with van der Waals surface area (Å²) in [6, 6.07) is 0. The molecule has 0 radical (unpaired) electrons. The highest BCUT2D eigenvalue weighted by atomic mass is 16.5. The van der Waals surface area contributed by atoms with E-state index in [-0.39, 0.29) is 0 Å². The van der Waals surface area contributed by atoms with E-state index in [0.717, 1.165) is 26.1 Å². The molecule has 3 nitrogen and oxygen atoms in total. The molecule has 1 aliphatic rings. The Hall–Kier alpha value is -0.120. The number of hydrogen-bond donors (Lipinski definition) is 2. The third kappa shape index (κ3) is 5.83. The summed E-state index contributed by atoms with van der Waals surface area (Å²) in [5.41, 5.74) is 0. The zero-order chi connectivity index (χ0) is 11.6. The molecule has 1 heterocycles. The molecule has 0 aromatic heterocycles. The zero-order valence-electron chi connectivity index (χ0n) is 10.6. The number of nitrogens with one attached hydrogen (secondary N) is 1. The summed E-state index contributed by atoms with van der Waals surface area (Å²) in [5.74, 6) is 0.624. The largest absolute Gasteiger partial charge is 0.396 e. The van der Waals surface area contributed by atoms with Gasteiger partial charge in [-0.25, -0.2) is 0 Å². The second kappa shape index (κ2) is 8.97. The lowest BCUT2D eigenvalue weighted by molar-refractivity contribution is 0.0163. The van der Waals surface area contributed by atoms with Crippen LogP contribution in [-0.4, -0.2) is 37.5 Å². The molecule has 1 rings (SSSR count). The molecule has 3 heteroatoms. The minimum Gasteiger partial charge on any atom is -0.396 e. The highest BCUT2D eigenvalue weighted by molar-refractivity contribution is 4.68. The molecule has 1 fully saturated rings. The van der Waals surface area contributed by atoms with Crippen molar-refractivity contribution in [2.45, 2.75) is 51.6 Å². The summed E-state index contributed by atoms with van der Waals surface area (Å²) in [5, 5.41) is 12.4. The SMILES string of the molecule is CCCC(CCO)CNCC1CCCCO1. The first-order chi connectivity index (χ1) is 7.86. The predicted molar refractivity (Wildman–Crippen MR) is 66.6 cm³/mol. The summed E-state index contributed by atoms with van der Waals surface area (Å²) in [7, 11) is 0. The van der Waals surface area contributed by atoms with Gasteiger partial charge < -0.3 is 15.2 Å². The topological polar surface area (TPSA) is 41.5 Å². The van der Waals surface area contributed by atoms with E-state index in [1.165, 1.54) is 32.1 Å². The fourth-order valence-corrected chi connectivity index (χ4v) is 2.36. The maximum absolute atomic E-state index is 8.96. The van der Waals surface area contributed by atoms with E-state index >= 15 is 0 Å². The first kappa shape index (κ1) is 13.9. The van der Waals surface area contributed by atoms with Crippen molar-refractivity contribution in [1.29, 1.82) is 0 Å². The Morgan fingerprint density at radius 3 is 2.88 bits per heavy atom. The maximum Gasteiger partial charge on any atom is 0.0699 e. The van der Waals surface area contributed by atoms with Crippen LogP contribution in [0.4, 0.5) is 0 Å². The lowest BCUT2D eigenvalue weighted by Gasteiger charge is -2.24. The van der Waals surface area contributed by atoms with Crippen molar-refractivity contribution in [2.24, 2.45) is 5.92 Å². The van der Waals surface area contributed by atoms with Crippen molar-refractivity contribution in [3.63, 3.8) is 0 Å². The monoisotopic (exact) mass is 229 g/mol. The number of ether oxygens (including phenoxy) is 1. The molecule has 0 spiro atoms. The van der Waals surface area contributed by atoms with Crippen LogP contribution in [0.3, 0.4) is 0 Å². The lowest BCUT2D eigenvalue weighted by atomic mass is 10.00. The lowest BCUT2D eigenvalue weighted by Crippen LogP contribution is -2.34. The van der Waals surface area contributed by atoms with Crippen LogP contribution < -0.4 is 5.32 Å². The number of hydrogen-bond acceptors (Lipinski definition) is 3. The predicted octanol–water partition coefficient (Wildman–Crippen LogP) is 1.94. The smallest absolute Gasteiger partial charge is 0.0699 e. The molecule has 16 heavy (non-hydrogen) atoms. The minimum atomic E-state index is 0.312. The Balaban J connectivity index is 2.06. The van der Waals surface area contributed by atoms with Gasteiger partial charge in [-0.2, -0.15) is 0 Å². The second-order valence-electron chi connectivity index (χ2n) is 4.81. The van der Waals surface area contributed by atoms with Crippen LogP contribution in [0, 0.1) is 5.92 Å². The first-order valence-electron chi connectivity index (χ1n) is 6.80. The molecule has 2 atom stereocenters. The molecule has 0 saturated carbocycles. The summed E-state index contributed by atoms with van der Waals surface area (Å²) in [4.78, 5) is 0. The third-order valence-electron chi connectivity index (χ3n) is 3.31. The summed E-state index contributed by atoms with van der Waals surface area (Å²) >= 11 is 0. The van der Waals surface area contributed by atoms with E-state index in [9.17, 15) is 0 Å². The first-order valence-corrected chi connectivity index (χ1v) is 6.80. The van der Waals surface area contributed by atoms with Crippen molar-refractivity contribution in [2.75, 3.05) is 26.3 Å². The van der Waals surface area contributed by atoms with Gasteiger partial charge in [-0.1, -0.05) is 13.3 Å². The van der Waals surface area contributed by atoms with Crippen LogP contribution in [0.1, 0.15) is 45.4 Å². The van der Waals surface area contributed by atoms with E-state index in [0.29, 0.717) is 18.6 Å². The van der Waals surface area contributed by atoms with Gasteiger partial charge in [0.05, 0.1) is 6.10 Å². The van der Waals surface area contributed by atoms with E-state index < -0.39 is 0 Å². The van der Waals surface area contributed by atoms with E-state index in [1.807, 2.05) is 0 Å². The van der Waals surface area contributed by atoms with E-state index in [1.54, 1.807) is 0 Å². The van der Waals surface area contributed by atoms with Crippen LogP contribution in [0.15, 0.2) is 0 Å². The molecule has 0 amide bonds. The fourth-order valence-electron chi connectivity index (χ4n) is 2.36. The van der Waals surface area contributed by atoms with Gasteiger partial charge in [0, 0.05) is 19.8 Å². The van der Waals surface area contributed by atoms with Crippen molar-refractivity contribution in [1.82, 2.24) is 5.32 Å². The normalized spacial score (nSPS) is 23.2. The fraction of sp³-hybridized carbons (Fsp3) is 1.00. The van der Waals surface area contributed by atoms with Gasteiger partial charge in [0.25, 0.3) is 0 Å². The Morgan fingerprint density at radius 1 is 1.38 bits per heavy atom. The van der Waals surface area contributed by atoms with Crippen LogP contribution >= 0.6 is 0 Å².